The third kappa shape index (κ3) is 8.13. The van der Waals surface area contributed by atoms with Crippen molar-refractivity contribution in [2.75, 3.05) is 36.4 Å². The number of pyridine rings is 6. The minimum Gasteiger partial charge on any atom is -0.435 e. The van der Waals surface area contributed by atoms with E-state index in [1.54, 1.807) is 18.6 Å². The first-order chi connectivity index (χ1) is 41.3. The van der Waals surface area contributed by atoms with E-state index in [0.29, 0.717) is 28.5 Å². The van der Waals surface area contributed by atoms with Gasteiger partial charge in [0.1, 0.15) is 18.5 Å². The minimum absolute atomic E-state index is 0.0837. The van der Waals surface area contributed by atoms with Gasteiger partial charge in [0.05, 0.1) is 36.9 Å². The molecule has 0 fully saturated rings. The molecule has 9 aromatic heterocycles. The monoisotopic (exact) mass is 1090 g/mol. The van der Waals surface area contributed by atoms with E-state index in [0.717, 1.165) is 123 Å². The third-order valence-electron chi connectivity index (χ3n) is 16.2. The Labute approximate surface area is 484 Å². The van der Waals surface area contributed by atoms with Crippen molar-refractivity contribution in [3.8, 4) is 0 Å². The average Bonchev–Trinajstić information content (AvgIpc) is 1.63. The second-order valence-corrected chi connectivity index (χ2v) is 22.1. The van der Waals surface area contributed by atoms with Crippen LogP contribution in [0.3, 0.4) is 0 Å². The summed E-state index contributed by atoms with van der Waals surface area (Å²) in [5, 5.41) is 6.02. The Morgan fingerprint density at radius 2 is 0.780 bits per heavy atom. The van der Waals surface area contributed by atoms with Crippen LogP contribution in [0.15, 0.2) is 141 Å². The number of aryl methyl sites for hydroxylation is 6. The maximum Gasteiger partial charge on any atom is 0.227 e. The van der Waals surface area contributed by atoms with Gasteiger partial charge in [-0.2, -0.15) is 0 Å². The predicted molar refractivity (Wildman–Crippen MR) is 334 cm³/mol. The summed E-state index contributed by atoms with van der Waals surface area (Å²) in [6.45, 7) is 23.4. The Balaban J connectivity index is 0.000000121. The molecule has 3 unspecified atom stereocenters. The highest BCUT2D eigenvalue weighted by Crippen LogP contribution is 2.51. The van der Waals surface area contributed by atoms with Gasteiger partial charge in [0, 0.05) is 91.1 Å². The van der Waals surface area contributed by atoms with Gasteiger partial charge in [-0.3, -0.25) is 0 Å². The van der Waals surface area contributed by atoms with E-state index < -0.39 is 25.2 Å². The van der Waals surface area contributed by atoms with E-state index in [1.807, 2.05) is 139 Å². The number of hydrogen-bond donors (Lipinski definition) is 0. The fraction of sp³-hybridized carbons (Fsp3) is 0.284. The first kappa shape index (κ1) is 46.5. The highest BCUT2D eigenvalue weighted by molar-refractivity contribution is 6.12. The van der Waals surface area contributed by atoms with E-state index in [-0.39, 0.29) is 12.3 Å². The summed E-state index contributed by atoms with van der Waals surface area (Å²) >= 11 is 0. The Hall–Kier alpha value is -9.24. The highest BCUT2D eigenvalue weighted by atomic mass is 16.3. The molecule has 15 nitrogen and oxygen atoms in total. The third-order valence-corrected chi connectivity index (χ3v) is 16.2. The number of fused-ring (bicyclic) bond motifs is 12. The van der Waals surface area contributed by atoms with Crippen LogP contribution in [0, 0.1) is 41.5 Å². The summed E-state index contributed by atoms with van der Waals surface area (Å²) in [5.41, 5.74) is 15.7. The second-order valence-electron chi connectivity index (χ2n) is 22.1. The van der Waals surface area contributed by atoms with Crippen molar-refractivity contribution in [3.05, 3.63) is 162 Å². The molecule has 12 aromatic rings. The molecular weight excluding hydrogens is 1020 g/mol. The summed E-state index contributed by atoms with van der Waals surface area (Å²) in [4.78, 5) is 39.4. The number of furan rings is 3. The average molecular weight is 1090 g/mol. The summed E-state index contributed by atoms with van der Waals surface area (Å²) < 4.78 is 60.3. The van der Waals surface area contributed by atoms with Gasteiger partial charge >= 0.3 is 0 Å². The van der Waals surface area contributed by atoms with E-state index in [4.69, 9.17) is 25.1 Å². The molecule has 15 heteroatoms. The van der Waals surface area contributed by atoms with E-state index in [9.17, 15) is 0 Å². The predicted octanol–water partition coefficient (Wildman–Crippen LogP) is 16.3. The Kier molecular flexibility index (Phi) is 11.2. The van der Waals surface area contributed by atoms with E-state index in [2.05, 4.69) is 110 Å². The van der Waals surface area contributed by atoms with Crippen LogP contribution in [-0.4, -0.2) is 67.4 Å². The van der Waals surface area contributed by atoms with Crippen LogP contribution >= 0.6 is 0 Å². The molecule has 82 heavy (non-hydrogen) atoms. The van der Waals surface area contributed by atoms with Gasteiger partial charge in [-0.1, -0.05) is 36.4 Å². The van der Waals surface area contributed by atoms with Crippen LogP contribution in [0.2, 0.25) is 0 Å². The molecule has 0 saturated heterocycles. The molecule has 0 aliphatic carbocycles. The fourth-order valence-corrected chi connectivity index (χ4v) is 12.5. The number of aromatic nitrogens is 6. The minimum atomic E-state index is -2.31. The highest BCUT2D eigenvalue weighted by Gasteiger charge is 2.41. The van der Waals surface area contributed by atoms with Crippen molar-refractivity contribution in [1.82, 2.24) is 29.9 Å². The van der Waals surface area contributed by atoms with Gasteiger partial charge in [-0.25, -0.2) is 29.9 Å². The number of nitrogens with zero attached hydrogens (tertiary/aromatic N) is 12. The molecule has 0 N–H and O–H groups in total. The molecule has 414 valence electrons. The summed E-state index contributed by atoms with van der Waals surface area (Å²) in [5.74, 6) is 2.11. The molecule has 12 heterocycles. The van der Waals surface area contributed by atoms with Crippen LogP contribution in [0.4, 0.5) is 51.6 Å². The normalized spacial score (nSPS) is 17.9. The number of hydrogen-bond acceptors (Lipinski definition) is 15. The van der Waals surface area contributed by atoms with Crippen LogP contribution in [-0.2, 0) is 0 Å². The molecule has 0 saturated carbocycles. The molecule has 0 spiro atoms. The molecule has 3 aromatic carbocycles. The number of rotatable bonds is 5. The maximum absolute atomic E-state index is 8.71. The summed E-state index contributed by atoms with van der Waals surface area (Å²) in [7, 11) is 0. The molecule has 3 atom stereocenters. The van der Waals surface area contributed by atoms with Gasteiger partial charge in [0.2, 0.25) is 17.1 Å². The smallest absolute Gasteiger partial charge is 0.227 e. The number of benzene rings is 3. The molecule has 15 rings (SSSR count). The van der Waals surface area contributed by atoms with Crippen LogP contribution < -0.4 is 29.4 Å². The topological polar surface area (TPSA) is 136 Å². The van der Waals surface area contributed by atoms with Crippen LogP contribution in [0.25, 0.3) is 66.2 Å². The van der Waals surface area contributed by atoms with Gasteiger partial charge in [0.25, 0.3) is 0 Å². The molecule has 0 radical (unpaired) electrons. The van der Waals surface area contributed by atoms with Gasteiger partial charge in [-0.15, -0.1) is 0 Å². The molecule has 3 aliphatic rings. The van der Waals surface area contributed by atoms with Crippen molar-refractivity contribution in [2.45, 2.75) is 121 Å². The van der Waals surface area contributed by atoms with Gasteiger partial charge in [-0.05, 0) is 179 Å². The lowest BCUT2D eigenvalue weighted by Gasteiger charge is -2.33. The Morgan fingerprint density at radius 1 is 0.415 bits per heavy atom. The zero-order valence-corrected chi connectivity index (χ0v) is 48.4. The van der Waals surface area contributed by atoms with Crippen molar-refractivity contribution in [2.24, 2.45) is 0 Å². The lowest BCUT2D eigenvalue weighted by molar-refractivity contribution is 0.597. The SMILES string of the molecule is [2H]C(C)(C)N1c2cccnc2N(c2c(C)ccc3c2oc2nc(C)ccc23)C1C.[2H]C(C)(C)N1c2ncccc2N(c2c(C)ccc3c2oc2nc(C)ccc23)C1C.[2H]C([2H])([2H])N1c2ncccc2N(c2c(C)ccc3c2oc2nc(C)ccc23)C1C. The van der Waals surface area contributed by atoms with Crippen molar-refractivity contribution < 1.29 is 20.1 Å². The standard InChI is InChI=1S/2C23H24N4O.C21H20N4O/c1-13(2)26-16(5)27(19-7-6-12-24-22(19)26)20-14(3)8-10-17-18-11-9-15(4)25-23(18)28-21(17)20;1-13(2)26-16(5)27(22-19(26)7-6-12-24-22)20-14(3)8-10-17-18-11-9-15(4)25-23(18)28-21(17)20;1-12-7-9-15-16-10-8-13(2)23-21(16)26-19(15)18(12)25-14(3)24(4)20-17(25)6-5-11-22-20/h2*6-13,16H,1-5H3;5-11,14H,1-4H3/i2*13D;4D3. The lowest BCUT2D eigenvalue weighted by Crippen LogP contribution is -2.42. The molecule has 3 aliphatic heterocycles. The van der Waals surface area contributed by atoms with Crippen LogP contribution in [0.5, 0.6) is 0 Å². The van der Waals surface area contributed by atoms with E-state index >= 15 is 0 Å². The summed E-state index contributed by atoms with van der Waals surface area (Å²) in [6, 6.07) is 34.7. The first-order valence-electron chi connectivity index (χ1n) is 30.3. The Morgan fingerprint density at radius 3 is 1.22 bits per heavy atom. The first-order valence-corrected chi connectivity index (χ1v) is 27.8. The lowest BCUT2D eigenvalue weighted by atomic mass is 10.1. The zero-order valence-electron chi connectivity index (χ0n) is 53.4. The summed E-state index contributed by atoms with van der Waals surface area (Å²) in [6.07, 6.45) is 4.58. The van der Waals surface area contributed by atoms with Crippen molar-refractivity contribution in [1.29, 1.82) is 0 Å². The van der Waals surface area contributed by atoms with Crippen molar-refractivity contribution in [3.63, 3.8) is 0 Å². The Bertz CT molecular complexity index is 4250. The van der Waals surface area contributed by atoms with Gasteiger partial charge < -0.3 is 42.7 Å². The molecule has 0 amide bonds. The fourth-order valence-electron chi connectivity index (χ4n) is 12.5. The van der Waals surface area contributed by atoms with Crippen LogP contribution in [0.1, 0.15) is 89.1 Å². The number of anilines is 9. The zero-order chi connectivity index (χ0) is 61.5. The largest absolute Gasteiger partial charge is 0.435 e. The second kappa shape index (κ2) is 19.8. The molecular formula is C67H68N12O3. The molecule has 0 bridgehead atoms. The quantitative estimate of drug-likeness (QED) is 0.162. The van der Waals surface area contributed by atoms with Gasteiger partial charge in [0.15, 0.2) is 34.2 Å². The van der Waals surface area contributed by atoms with Crippen molar-refractivity contribution >= 4 is 118 Å². The maximum atomic E-state index is 8.71. The van der Waals surface area contributed by atoms with E-state index in [1.165, 1.54) is 4.90 Å².